The third-order valence-electron chi connectivity index (χ3n) is 7.97. The minimum atomic E-state index is -0.0673. The molecule has 1 aromatic heterocycles. The van der Waals surface area contributed by atoms with Gasteiger partial charge in [-0.1, -0.05) is 121 Å². The molecule has 8 rings (SSSR count). The predicted octanol–water partition coefficient (Wildman–Crippen LogP) is 9.60. The first-order valence-electron chi connectivity index (χ1n) is 14.2. The molecule has 200 valence electrons. The standard InChI is InChI=1S/C38H27N3O/c1-24-39-34-17-9-15-32(37(34)42-24)35-29-13-6-5-10-25(29)22-23-30(35)26-18-20-27(21-19-26)36-31-14-7-8-16-33(31)40-38(41-36)28-11-3-2-4-12-28/h2-24,39H,1H3. The van der Waals surface area contributed by atoms with Gasteiger partial charge in [0.2, 0.25) is 0 Å². The van der Waals surface area contributed by atoms with Crippen LogP contribution in [0.2, 0.25) is 0 Å². The fourth-order valence-electron chi connectivity index (χ4n) is 6.02. The summed E-state index contributed by atoms with van der Waals surface area (Å²) in [5, 5.41) is 6.87. The summed E-state index contributed by atoms with van der Waals surface area (Å²) in [5.41, 5.74) is 9.51. The highest BCUT2D eigenvalue weighted by molar-refractivity contribution is 6.06. The maximum atomic E-state index is 6.27. The molecule has 0 aliphatic carbocycles. The van der Waals surface area contributed by atoms with Gasteiger partial charge in [0, 0.05) is 27.6 Å². The van der Waals surface area contributed by atoms with Gasteiger partial charge in [-0.05, 0) is 41.0 Å². The van der Waals surface area contributed by atoms with Crippen molar-refractivity contribution in [3.05, 3.63) is 133 Å². The van der Waals surface area contributed by atoms with Crippen molar-refractivity contribution in [1.29, 1.82) is 0 Å². The Bertz CT molecular complexity index is 2100. The van der Waals surface area contributed by atoms with Gasteiger partial charge in [-0.25, -0.2) is 9.97 Å². The molecule has 2 heterocycles. The monoisotopic (exact) mass is 541 g/mol. The second-order valence-electron chi connectivity index (χ2n) is 10.7. The number of para-hydroxylation sites is 2. The molecule has 4 heteroatoms. The molecule has 1 aliphatic heterocycles. The molecule has 4 nitrogen and oxygen atoms in total. The van der Waals surface area contributed by atoms with E-state index in [0.29, 0.717) is 0 Å². The molecule has 0 bridgehead atoms. The molecule has 0 saturated carbocycles. The number of hydrogen-bond donors (Lipinski definition) is 1. The summed E-state index contributed by atoms with van der Waals surface area (Å²) in [5.74, 6) is 1.63. The van der Waals surface area contributed by atoms with Crippen LogP contribution in [0.3, 0.4) is 0 Å². The molecule has 0 radical (unpaired) electrons. The largest absolute Gasteiger partial charge is 0.468 e. The van der Waals surface area contributed by atoms with Crippen LogP contribution >= 0.6 is 0 Å². The minimum Gasteiger partial charge on any atom is -0.468 e. The molecule has 0 fully saturated rings. The number of fused-ring (bicyclic) bond motifs is 3. The molecule has 0 saturated heterocycles. The molecule has 42 heavy (non-hydrogen) atoms. The van der Waals surface area contributed by atoms with Crippen LogP contribution in [0.1, 0.15) is 6.92 Å². The third-order valence-corrected chi connectivity index (χ3v) is 7.97. The van der Waals surface area contributed by atoms with Crippen LogP contribution in [-0.4, -0.2) is 16.2 Å². The lowest BCUT2D eigenvalue weighted by Gasteiger charge is -2.17. The zero-order chi connectivity index (χ0) is 28.0. The Hall–Kier alpha value is -5.48. The van der Waals surface area contributed by atoms with Crippen LogP contribution < -0.4 is 10.1 Å². The summed E-state index contributed by atoms with van der Waals surface area (Å²) < 4.78 is 6.27. The summed E-state index contributed by atoms with van der Waals surface area (Å²) in [4.78, 5) is 9.94. The molecule has 6 aromatic carbocycles. The number of benzene rings is 6. The van der Waals surface area contributed by atoms with Gasteiger partial charge in [-0.2, -0.15) is 0 Å². The number of nitrogens with one attached hydrogen (secondary N) is 1. The molecule has 0 spiro atoms. The van der Waals surface area contributed by atoms with E-state index in [9.17, 15) is 0 Å². The Morgan fingerprint density at radius 1 is 0.571 bits per heavy atom. The van der Waals surface area contributed by atoms with Crippen LogP contribution in [-0.2, 0) is 0 Å². The van der Waals surface area contributed by atoms with E-state index in [4.69, 9.17) is 14.7 Å². The van der Waals surface area contributed by atoms with Crippen molar-refractivity contribution in [3.8, 4) is 50.6 Å². The predicted molar refractivity (Wildman–Crippen MR) is 173 cm³/mol. The Morgan fingerprint density at radius 3 is 2.17 bits per heavy atom. The second kappa shape index (κ2) is 9.86. The highest BCUT2D eigenvalue weighted by atomic mass is 16.5. The third kappa shape index (κ3) is 4.08. The number of rotatable bonds is 4. The molecular formula is C38H27N3O. The Labute approximate surface area is 244 Å². The number of ether oxygens (including phenoxy) is 1. The zero-order valence-corrected chi connectivity index (χ0v) is 23.1. The molecule has 1 aliphatic rings. The Balaban J connectivity index is 1.29. The summed E-state index contributed by atoms with van der Waals surface area (Å²) in [6.07, 6.45) is -0.0673. The second-order valence-corrected chi connectivity index (χ2v) is 10.7. The van der Waals surface area contributed by atoms with Crippen molar-refractivity contribution >= 4 is 27.4 Å². The first-order valence-corrected chi connectivity index (χ1v) is 14.2. The lowest BCUT2D eigenvalue weighted by atomic mass is 9.88. The van der Waals surface area contributed by atoms with Gasteiger partial charge in [0.1, 0.15) is 0 Å². The van der Waals surface area contributed by atoms with E-state index in [1.165, 1.54) is 16.3 Å². The Morgan fingerprint density at radius 2 is 1.31 bits per heavy atom. The number of hydrogen-bond acceptors (Lipinski definition) is 4. The van der Waals surface area contributed by atoms with Crippen LogP contribution in [0.5, 0.6) is 5.75 Å². The maximum absolute atomic E-state index is 6.27. The lowest BCUT2D eigenvalue weighted by Crippen LogP contribution is -2.14. The van der Waals surface area contributed by atoms with Crippen molar-refractivity contribution < 1.29 is 4.74 Å². The molecular weight excluding hydrogens is 514 g/mol. The summed E-state index contributed by atoms with van der Waals surface area (Å²) in [6, 6.07) is 46.5. The van der Waals surface area contributed by atoms with E-state index in [-0.39, 0.29) is 6.23 Å². The number of anilines is 1. The zero-order valence-electron chi connectivity index (χ0n) is 23.1. The smallest absolute Gasteiger partial charge is 0.167 e. The van der Waals surface area contributed by atoms with Crippen LogP contribution in [0.15, 0.2) is 133 Å². The van der Waals surface area contributed by atoms with Crippen molar-refractivity contribution in [2.24, 2.45) is 0 Å². The number of nitrogens with zero attached hydrogens (tertiary/aromatic N) is 2. The quantitative estimate of drug-likeness (QED) is 0.241. The van der Waals surface area contributed by atoms with E-state index in [0.717, 1.165) is 61.7 Å². The average molecular weight is 542 g/mol. The van der Waals surface area contributed by atoms with E-state index in [2.05, 4.69) is 108 Å². The SMILES string of the molecule is CC1Nc2cccc(-c3c(-c4ccc(-c5nc(-c6ccccc6)nc6ccccc56)cc4)ccc4ccccc34)c2O1. The van der Waals surface area contributed by atoms with Crippen molar-refractivity contribution in [2.75, 3.05) is 5.32 Å². The highest BCUT2D eigenvalue weighted by Crippen LogP contribution is 2.47. The molecule has 1 unspecified atom stereocenters. The van der Waals surface area contributed by atoms with E-state index >= 15 is 0 Å². The number of aromatic nitrogens is 2. The van der Waals surface area contributed by atoms with Gasteiger partial charge in [0.15, 0.2) is 17.8 Å². The van der Waals surface area contributed by atoms with Gasteiger partial charge in [-0.3, -0.25) is 0 Å². The van der Waals surface area contributed by atoms with Gasteiger partial charge in [0.05, 0.1) is 16.9 Å². The summed E-state index contributed by atoms with van der Waals surface area (Å²) in [7, 11) is 0. The highest BCUT2D eigenvalue weighted by Gasteiger charge is 2.24. The topological polar surface area (TPSA) is 47.0 Å². The fraction of sp³-hybridized carbons (Fsp3) is 0.0526. The normalized spacial score (nSPS) is 14.0. The molecule has 7 aromatic rings. The van der Waals surface area contributed by atoms with Crippen molar-refractivity contribution in [3.63, 3.8) is 0 Å². The van der Waals surface area contributed by atoms with Crippen LogP contribution in [0.25, 0.3) is 66.6 Å². The van der Waals surface area contributed by atoms with Gasteiger partial charge in [-0.15, -0.1) is 0 Å². The summed E-state index contributed by atoms with van der Waals surface area (Å²) >= 11 is 0. The molecule has 1 atom stereocenters. The van der Waals surface area contributed by atoms with E-state index < -0.39 is 0 Å². The fourth-order valence-corrected chi connectivity index (χ4v) is 6.02. The van der Waals surface area contributed by atoms with Gasteiger partial charge in [0.25, 0.3) is 0 Å². The summed E-state index contributed by atoms with van der Waals surface area (Å²) in [6.45, 7) is 2.03. The minimum absolute atomic E-state index is 0.0673. The first-order chi connectivity index (χ1) is 20.7. The lowest BCUT2D eigenvalue weighted by molar-refractivity contribution is 0.276. The van der Waals surface area contributed by atoms with Gasteiger partial charge < -0.3 is 10.1 Å². The van der Waals surface area contributed by atoms with Crippen molar-refractivity contribution in [2.45, 2.75) is 13.2 Å². The molecule has 0 amide bonds. The van der Waals surface area contributed by atoms with Crippen LogP contribution in [0.4, 0.5) is 5.69 Å². The first kappa shape index (κ1) is 24.3. The van der Waals surface area contributed by atoms with Crippen molar-refractivity contribution in [1.82, 2.24) is 9.97 Å². The van der Waals surface area contributed by atoms with Gasteiger partial charge >= 0.3 is 0 Å². The van der Waals surface area contributed by atoms with E-state index in [1.807, 2.05) is 37.3 Å². The van der Waals surface area contributed by atoms with E-state index in [1.54, 1.807) is 0 Å². The maximum Gasteiger partial charge on any atom is 0.167 e. The molecule has 1 N–H and O–H groups in total. The Kier molecular flexibility index (Phi) is 5.71. The average Bonchev–Trinajstić information content (AvgIpc) is 3.45. The van der Waals surface area contributed by atoms with Crippen LogP contribution in [0, 0.1) is 0 Å².